The lowest BCUT2D eigenvalue weighted by Crippen LogP contribution is -2.32. The summed E-state index contributed by atoms with van der Waals surface area (Å²) in [6.45, 7) is 6.27. The Bertz CT molecular complexity index is 892. The van der Waals surface area contributed by atoms with Crippen LogP contribution in [-0.2, 0) is 11.3 Å². The fraction of sp³-hybridized carbons (Fsp3) is 0.333. The van der Waals surface area contributed by atoms with E-state index in [-0.39, 0.29) is 11.2 Å². The average Bonchev–Trinajstić information content (AvgIpc) is 3.20. The molecule has 1 atom stereocenters. The molecule has 0 aliphatic rings. The van der Waals surface area contributed by atoms with Gasteiger partial charge in [0, 0.05) is 13.6 Å². The van der Waals surface area contributed by atoms with Crippen molar-refractivity contribution in [2.24, 2.45) is 0 Å². The molecular formula is C18H20N4O2S2. The van der Waals surface area contributed by atoms with Gasteiger partial charge in [0.1, 0.15) is 4.88 Å². The minimum Gasteiger partial charge on any atom is -0.410 e. The number of aromatic nitrogens is 3. The van der Waals surface area contributed by atoms with E-state index in [0.717, 1.165) is 21.1 Å². The molecule has 3 rings (SSSR count). The molecular weight excluding hydrogens is 368 g/mol. The van der Waals surface area contributed by atoms with Gasteiger partial charge in [-0.3, -0.25) is 4.79 Å². The summed E-state index contributed by atoms with van der Waals surface area (Å²) in [6.07, 6.45) is 0. The molecule has 0 fully saturated rings. The van der Waals surface area contributed by atoms with Gasteiger partial charge >= 0.3 is 0 Å². The van der Waals surface area contributed by atoms with E-state index in [9.17, 15) is 4.79 Å². The van der Waals surface area contributed by atoms with E-state index < -0.39 is 0 Å². The first-order valence-corrected chi connectivity index (χ1v) is 9.87. The van der Waals surface area contributed by atoms with Gasteiger partial charge in [0.15, 0.2) is 0 Å². The summed E-state index contributed by atoms with van der Waals surface area (Å²) < 4.78 is 5.72. The normalized spacial score (nSPS) is 12.2. The van der Waals surface area contributed by atoms with Crippen molar-refractivity contribution in [1.29, 1.82) is 0 Å². The first-order valence-electron chi connectivity index (χ1n) is 8.17. The molecule has 0 N–H and O–H groups in total. The van der Waals surface area contributed by atoms with Crippen LogP contribution in [0.25, 0.3) is 10.8 Å². The summed E-state index contributed by atoms with van der Waals surface area (Å²) in [5.74, 6) is 0.469. The molecule has 0 radical (unpaired) electrons. The van der Waals surface area contributed by atoms with Crippen LogP contribution in [0.4, 0.5) is 0 Å². The third-order valence-electron chi connectivity index (χ3n) is 3.77. The van der Waals surface area contributed by atoms with E-state index in [4.69, 9.17) is 4.42 Å². The summed E-state index contributed by atoms with van der Waals surface area (Å²) in [4.78, 5) is 19.6. The number of carbonyl (C=O) groups excluding carboxylic acids is 1. The van der Waals surface area contributed by atoms with Crippen molar-refractivity contribution in [2.75, 3.05) is 7.05 Å². The Morgan fingerprint density at radius 2 is 2.00 bits per heavy atom. The minimum absolute atomic E-state index is 0.0171. The molecule has 2 aromatic heterocycles. The van der Waals surface area contributed by atoms with Crippen LogP contribution in [0.3, 0.4) is 0 Å². The Hall–Kier alpha value is -2.19. The molecule has 1 amide bonds. The fourth-order valence-electron chi connectivity index (χ4n) is 2.53. The molecule has 3 aromatic rings. The van der Waals surface area contributed by atoms with Crippen LogP contribution in [0.1, 0.15) is 23.2 Å². The van der Waals surface area contributed by atoms with Gasteiger partial charge in [0.2, 0.25) is 5.91 Å². The Morgan fingerprint density at radius 1 is 1.27 bits per heavy atom. The zero-order chi connectivity index (χ0) is 18.7. The lowest BCUT2D eigenvalue weighted by molar-refractivity contribution is -0.129. The first-order chi connectivity index (χ1) is 12.4. The number of hydrogen-bond acceptors (Lipinski definition) is 7. The van der Waals surface area contributed by atoms with Crippen LogP contribution in [0.5, 0.6) is 0 Å². The van der Waals surface area contributed by atoms with Crippen molar-refractivity contribution in [2.45, 2.75) is 37.8 Å². The predicted octanol–water partition coefficient (Wildman–Crippen LogP) is 3.95. The molecule has 136 valence electrons. The maximum absolute atomic E-state index is 12.6. The van der Waals surface area contributed by atoms with E-state index in [0.29, 0.717) is 17.7 Å². The molecule has 0 bridgehead atoms. The van der Waals surface area contributed by atoms with Crippen LogP contribution >= 0.6 is 23.1 Å². The highest BCUT2D eigenvalue weighted by Crippen LogP contribution is 2.31. The van der Waals surface area contributed by atoms with Crippen molar-refractivity contribution >= 4 is 29.0 Å². The van der Waals surface area contributed by atoms with Crippen molar-refractivity contribution in [3.05, 3.63) is 46.6 Å². The second-order valence-electron chi connectivity index (χ2n) is 5.96. The summed E-state index contributed by atoms with van der Waals surface area (Å²) in [5.41, 5.74) is 1.97. The van der Waals surface area contributed by atoms with Crippen molar-refractivity contribution in [3.8, 4) is 10.8 Å². The number of thiazole rings is 1. The van der Waals surface area contributed by atoms with E-state index in [1.165, 1.54) is 23.1 Å². The lowest BCUT2D eigenvalue weighted by Gasteiger charge is -2.20. The van der Waals surface area contributed by atoms with Gasteiger partial charge in [-0.1, -0.05) is 42.1 Å². The maximum atomic E-state index is 12.6. The molecule has 8 heteroatoms. The number of rotatable bonds is 6. The van der Waals surface area contributed by atoms with E-state index in [2.05, 4.69) is 15.2 Å². The minimum atomic E-state index is -0.318. The van der Waals surface area contributed by atoms with Crippen molar-refractivity contribution < 1.29 is 9.21 Å². The molecule has 0 spiro atoms. The Morgan fingerprint density at radius 3 is 2.65 bits per heavy atom. The van der Waals surface area contributed by atoms with Crippen molar-refractivity contribution in [1.82, 2.24) is 20.1 Å². The number of aryl methyl sites for hydroxylation is 2. The van der Waals surface area contributed by atoms with E-state index in [1.54, 1.807) is 11.9 Å². The molecule has 0 saturated heterocycles. The smallest absolute Gasteiger partial charge is 0.277 e. The third-order valence-corrected chi connectivity index (χ3v) is 5.75. The van der Waals surface area contributed by atoms with E-state index in [1.807, 2.05) is 51.1 Å². The monoisotopic (exact) mass is 388 g/mol. The molecule has 6 nitrogen and oxygen atoms in total. The Balaban J connectivity index is 1.63. The second kappa shape index (κ2) is 8.01. The number of benzene rings is 1. The van der Waals surface area contributed by atoms with Crippen LogP contribution in [0, 0.1) is 13.8 Å². The van der Waals surface area contributed by atoms with Crippen LogP contribution in [-0.4, -0.2) is 38.3 Å². The highest BCUT2D eigenvalue weighted by Gasteiger charge is 2.22. The quantitative estimate of drug-likeness (QED) is 0.596. The van der Waals surface area contributed by atoms with Crippen molar-refractivity contribution in [3.63, 3.8) is 0 Å². The number of carbonyl (C=O) groups is 1. The van der Waals surface area contributed by atoms with Crippen LogP contribution < -0.4 is 0 Å². The summed E-state index contributed by atoms with van der Waals surface area (Å²) >= 11 is 2.79. The zero-order valence-electron chi connectivity index (χ0n) is 15.1. The summed E-state index contributed by atoms with van der Waals surface area (Å²) in [6, 6.07) is 9.91. The topological polar surface area (TPSA) is 72.1 Å². The number of thioether (sulfide) groups is 1. The van der Waals surface area contributed by atoms with Gasteiger partial charge in [0.25, 0.3) is 11.1 Å². The second-order valence-corrected chi connectivity index (χ2v) is 8.46. The summed E-state index contributed by atoms with van der Waals surface area (Å²) in [7, 11) is 1.80. The average molecular weight is 389 g/mol. The highest BCUT2D eigenvalue weighted by atomic mass is 32.2. The highest BCUT2D eigenvalue weighted by molar-refractivity contribution is 8.00. The molecule has 0 aliphatic carbocycles. The Kier molecular flexibility index (Phi) is 5.73. The van der Waals surface area contributed by atoms with Gasteiger partial charge in [-0.15, -0.1) is 21.5 Å². The predicted molar refractivity (Wildman–Crippen MR) is 103 cm³/mol. The first kappa shape index (κ1) is 18.6. The molecule has 0 saturated carbocycles. The van der Waals surface area contributed by atoms with Gasteiger partial charge in [-0.25, -0.2) is 4.98 Å². The Labute approximate surface area is 160 Å². The zero-order valence-corrected chi connectivity index (χ0v) is 16.7. The standard InChI is InChI=1S/C18H20N4O2S2/c1-11-15(26-13(3)19-11)16-20-21-18(24-16)25-12(2)17(23)22(4)10-14-8-6-5-7-9-14/h5-9,12H,10H2,1-4H3. The summed E-state index contributed by atoms with van der Waals surface area (Å²) in [5, 5.41) is 9.18. The number of nitrogens with zero attached hydrogens (tertiary/aromatic N) is 4. The molecule has 26 heavy (non-hydrogen) atoms. The van der Waals surface area contributed by atoms with Gasteiger partial charge in [0.05, 0.1) is 16.0 Å². The van der Waals surface area contributed by atoms with Gasteiger partial charge in [-0.05, 0) is 26.3 Å². The molecule has 0 aliphatic heterocycles. The van der Waals surface area contributed by atoms with Crippen LogP contribution in [0.15, 0.2) is 40.0 Å². The fourth-order valence-corrected chi connectivity index (χ4v) is 4.17. The van der Waals surface area contributed by atoms with Gasteiger partial charge < -0.3 is 9.32 Å². The van der Waals surface area contributed by atoms with Gasteiger partial charge in [-0.2, -0.15) is 0 Å². The maximum Gasteiger partial charge on any atom is 0.277 e. The van der Waals surface area contributed by atoms with Crippen LogP contribution in [0.2, 0.25) is 0 Å². The number of hydrogen-bond donors (Lipinski definition) is 0. The molecule has 1 unspecified atom stereocenters. The SMILES string of the molecule is Cc1nc(C)c(-c2nnc(SC(C)C(=O)N(C)Cc3ccccc3)o2)s1. The molecule has 2 heterocycles. The lowest BCUT2D eigenvalue weighted by atomic mass is 10.2. The third kappa shape index (κ3) is 4.31. The number of amides is 1. The molecule has 1 aromatic carbocycles. The largest absolute Gasteiger partial charge is 0.410 e. The van der Waals surface area contributed by atoms with E-state index >= 15 is 0 Å².